The summed E-state index contributed by atoms with van der Waals surface area (Å²) in [5.41, 5.74) is 0. The van der Waals surface area contributed by atoms with Crippen LogP contribution < -0.4 is 5.32 Å². The van der Waals surface area contributed by atoms with E-state index in [-0.39, 0.29) is 0 Å². The molecular weight excluding hydrogens is 152 g/mol. The van der Waals surface area contributed by atoms with E-state index in [1.807, 2.05) is 7.05 Å². The summed E-state index contributed by atoms with van der Waals surface area (Å²) in [7, 11) is 1.97. The standard InChI is InChI=1S/C9H20N2O/c1-8-3-5-11(6-4-10-2)9(8)7-12/h8-10,12H,3-7H2,1-2H3. The zero-order chi connectivity index (χ0) is 8.97. The molecule has 0 aromatic rings. The average Bonchev–Trinajstić information content (AvgIpc) is 2.43. The quantitative estimate of drug-likeness (QED) is 0.622. The first-order chi connectivity index (χ1) is 5.79. The van der Waals surface area contributed by atoms with Crippen LogP contribution >= 0.6 is 0 Å². The molecule has 1 rings (SSSR count). The molecule has 1 saturated heterocycles. The van der Waals surface area contributed by atoms with E-state index in [1.165, 1.54) is 6.42 Å². The summed E-state index contributed by atoms with van der Waals surface area (Å²) in [5.74, 6) is 0.659. The lowest BCUT2D eigenvalue weighted by Gasteiger charge is -2.24. The van der Waals surface area contributed by atoms with Gasteiger partial charge in [-0.15, -0.1) is 0 Å². The van der Waals surface area contributed by atoms with Gasteiger partial charge in [0.2, 0.25) is 0 Å². The molecule has 2 unspecified atom stereocenters. The molecule has 0 amide bonds. The molecule has 2 atom stereocenters. The molecule has 1 aliphatic rings. The number of likely N-dealkylation sites (N-methyl/N-ethyl adjacent to an activating group) is 1. The van der Waals surface area contributed by atoms with E-state index in [0.717, 1.165) is 19.6 Å². The van der Waals surface area contributed by atoms with Crippen molar-refractivity contribution in [3.05, 3.63) is 0 Å². The second-order valence-electron chi connectivity index (χ2n) is 3.66. The van der Waals surface area contributed by atoms with Gasteiger partial charge in [-0.1, -0.05) is 6.92 Å². The minimum Gasteiger partial charge on any atom is -0.395 e. The summed E-state index contributed by atoms with van der Waals surface area (Å²) in [6.07, 6.45) is 1.23. The van der Waals surface area contributed by atoms with E-state index < -0.39 is 0 Å². The summed E-state index contributed by atoms with van der Waals surface area (Å²) in [6.45, 7) is 5.76. The Morgan fingerprint density at radius 3 is 2.92 bits per heavy atom. The predicted octanol–water partition coefficient (Wildman–Crippen LogP) is -0.0915. The molecule has 0 aliphatic carbocycles. The fourth-order valence-corrected chi connectivity index (χ4v) is 1.92. The Hall–Kier alpha value is -0.120. The van der Waals surface area contributed by atoms with Gasteiger partial charge in [-0.05, 0) is 25.9 Å². The van der Waals surface area contributed by atoms with Crippen molar-refractivity contribution < 1.29 is 5.11 Å². The van der Waals surface area contributed by atoms with Crippen LogP contribution in [0.25, 0.3) is 0 Å². The van der Waals surface area contributed by atoms with Crippen LogP contribution in [0.15, 0.2) is 0 Å². The minimum atomic E-state index is 0.310. The number of likely N-dealkylation sites (tertiary alicyclic amines) is 1. The van der Waals surface area contributed by atoms with Crippen molar-refractivity contribution in [1.29, 1.82) is 0 Å². The Bertz CT molecular complexity index is 130. The fraction of sp³-hybridized carbons (Fsp3) is 1.00. The van der Waals surface area contributed by atoms with E-state index >= 15 is 0 Å². The van der Waals surface area contributed by atoms with Crippen molar-refractivity contribution in [3.63, 3.8) is 0 Å². The van der Waals surface area contributed by atoms with Gasteiger partial charge in [0, 0.05) is 19.1 Å². The topological polar surface area (TPSA) is 35.5 Å². The lowest BCUT2D eigenvalue weighted by Crippen LogP contribution is -2.38. The molecule has 2 N–H and O–H groups in total. The van der Waals surface area contributed by atoms with Gasteiger partial charge in [0.25, 0.3) is 0 Å². The molecule has 0 aromatic carbocycles. The maximum atomic E-state index is 9.14. The van der Waals surface area contributed by atoms with E-state index in [2.05, 4.69) is 17.1 Å². The number of hydrogen-bond acceptors (Lipinski definition) is 3. The Kier molecular flexibility index (Phi) is 3.98. The van der Waals surface area contributed by atoms with Gasteiger partial charge in [-0.2, -0.15) is 0 Å². The van der Waals surface area contributed by atoms with Gasteiger partial charge in [0.1, 0.15) is 0 Å². The van der Waals surface area contributed by atoms with Crippen LogP contribution in [0.1, 0.15) is 13.3 Å². The van der Waals surface area contributed by atoms with Gasteiger partial charge in [0.05, 0.1) is 6.61 Å². The van der Waals surface area contributed by atoms with E-state index in [9.17, 15) is 0 Å². The van der Waals surface area contributed by atoms with Crippen molar-refractivity contribution >= 4 is 0 Å². The summed E-state index contributed by atoms with van der Waals surface area (Å²) in [4.78, 5) is 2.38. The molecule has 1 heterocycles. The molecule has 0 radical (unpaired) electrons. The smallest absolute Gasteiger partial charge is 0.0589 e. The first kappa shape index (κ1) is 9.96. The monoisotopic (exact) mass is 172 g/mol. The molecule has 0 spiro atoms. The zero-order valence-electron chi connectivity index (χ0n) is 8.08. The third kappa shape index (κ3) is 2.19. The Morgan fingerprint density at radius 1 is 1.58 bits per heavy atom. The molecule has 0 saturated carbocycles. The van der Waals surface area contributed by atoms with Crippen molar-refractivity contribution in [3.8, 4) is 0 Å². The second-order valence-corrected chi connectivity index (χ2v) is 3.66. The summed E-state index contributed by atoms with van der Waals surface area (Å²) in [6, 6.07) is 0.401. The highest BCUT2D eigenvalue weighted by molar-refractivity contribution is 4.84. The number of nitrogens with one attached hydrogen (secondary N) is 1. The lowest BCUT2D eigenvalue weighted by atomic mass is 10.0. The number of hydrogen-bond donors (Lipinski definition) is 2. The van der Waals surface area contributed by atoms with Gasteiger partial charge in [-0.25, -0.2) is 0 Å². The first-order valence-corrected chi connectivity index (χ1v) is 4.79. The lowest BCUT2D eigenvalue weighted by molar-refractivity contribution is 0.140. The molecule has 0 bridgehead atoms. The van der Waals surface area contributed by atoms with E-state index in [1.54, 1.807) is 0 Å². The van der Waals surface area contributed by atoms with Gasteiger partial charge in [-0.3, -0.25) is 4.90 Å². The van der Waals surface area contributed by atoms with E-state index in [0.29, 0.717) is 18.6 Å². The zero-order valence-corrected chi connectivity index (χ0v) is 8.08. The normalized spacial score (nSPS) is 31.2. The first-order valence-electron chi connectivity index (χ1n) is 4.79. The van der Waals surface area contributed by atoms with Gasteiger partial charge in [0.15, 0.2) is 0 Å². The Balaban J connectivity index is 2.32. The van der Waals surface area contributed by atoms with Crippen molar-refractivity contribution in [2.45, 2.75) is 19.4 Å². The molecule has 3 nitrogen and oxygen atoms in total. The minimum absolute atomic E-state index is 0.310. The van der Waals surface area contributed by atoms with E-state index in [4.69, 9.17) is 5.11 Å². The second kappa shape index (κ2) is 4.80. The number of aliphatic hydroxyl groups excluding tert-OH is 1. The molecule has 12 heavy (non-hydrogen) atoms. The number of rotatable bonds is 4. The van der Waals surface area contributed by atoms with Crippen LogP contribution in [-0.4, -0.2) is 49.3 Å². The molecular formula is C9H20N2O. The Morgan fingerprint density at radius 2 is 2.33 bits per heavy atom. The van der Waals surface area contributed by atoms with Gasteiger partial charge >= 0.3 is 0 Å². The van der Waals surface area contributed by atoms with Crippen LogP contribution in [0.2, 0.25) is 0 Å². The van der Waals surface area contributed by atoms with Crippen molar-refractivity contribution in [1.82, 2.24) is 10.2 Å². The fourth-order valence-electron chi connectivity index (χ4n) is 1.92. The molecule has 1 fully saturated rings. The highest BCUT2D eigenvalue weighted by Crippen LogP contribution is 2.22. The average molecular weight is 172 g/mol. The maximum absolute atomic E-state index is 9.14. The van der Waals surface area contributed by atoms with Gasteiger partial charge < -0.3 is 10.4 Å². The predicted molar refractivity (Wildman–Crippen MR) is 50.2 cm³/mol. The van der Waals surface area contributed by atoms with Crippen LogP contribution in [0, 0.1) is 5.92 Å². The van der Waals surface area contributed by atoms with Crippen LogP contribution in [-0.2, 0) is 0 Å². The highest BCUT2D eigenvalue weighted by atomic mass is 16.3. The molecule has 3 heteroatoms. The van der Waals surface area contributed by atoms with Crippen molar-refractivity contribution in [2.24, 2.45) is 5.92 Å². The summed E-state index contributed by atoms with van der Waals surface area (Å²) in [5, 5.41) is 12.3. The van der Waals surface area contributed by atoms with Crippen LogP contribution in [0.5, 0.6) is 0 Å². The molecule has 72 valence electrons. The molecule has 1 aliphatic heterocycles. The third-order valence-electron chi connectivity index (χ3n) is 2.83. The van der Waals surface area contributed by atoms with Crippen molar-refractivity contribution in [2.75, 3.05) is 33.3 Å². The molecule has 0 aromatic heterocycles. The summed E-state index contributed by atoms with van der Waals surface area (Å²) < 4.78 is 0. The maximum Gasteiger partial charge on any atom is 0.0589 e. The van der Waals surface area contributed by atoms with Crippen LogP contribution in [0.4, 0.5) is 0 Å². The third-order valence-corrected chi connectivity index (χ3v) is 2.83. The summed E-state index contributed by atoms with van der Waals surface area (Å²) >= 11 is 0. The number of aliphatic hydroxyl groups is 1. The Labute approximate surface area is 74.8 Å². The highest BCUT2D eigenvalue weighted by Gasteiger charge is 2.29. The van der Waals surface area contributed by atoms with Crippen LogP contribution in [0.3, 0.4) is 0 Å². The SMILES string of the molecule is CNCCN1CCC(C)C1CO. The largest absolute Gasteiger partial charge is 0.395 e. The number of nitrogens with zero attached hydrogens (tertiary/aromatic N) is 1.